The van der Waals surface area contributed by atoms with Crippen molar-refractivity contribution in [3.8, 4) is 11.8 Å². The number of nitriles is 1. The van der Waals surface area contributed by atoms with Crippen LogP contribution in [0.2, 0.25) is 5.02 Å². The number of hydrogen-bond donors (Lipinski definition) is 1. The first-order chi connectivity index (χ1) is 17.8. The van der Waals surface area contributed by atoms with Crippen LogP contribution in [0.4, 0.5) is 17.1 Å². The third-order valence-corrected chi connectivity index (χ3v) is 7.56. The van der Waals surface area contributed by atoms with E-state index in [-0.39, 0.29) is 0 Å². The second-order valence-corrected chi connectivity index (χ2v) is 10.4. The number of hydrogen-bond acceptors (Lipinski definition) is 8. The number of aromatic nitrogens is 3. The van der Waals surface area contributed by atoms with Crippen molar-refractivity contribution in [2.45, 2.75) is 16.5 Å². The molecule has 0 fully saturated rings. The molecule has 0 saturated carbocycles. The molecule has 0 aliphatic carbocycles. The van der Waals surface area contributed by atoms with E-state index in [1.807, 2.05) is 48.1 Å². The molecule has 0 amide bonds. The van der Waals surface area contributed by atoms with Gasteiger partial charge in [0.15, 0.2) is 5.16 Å². The molecular weight excluding hydrogens is 506 g/mol. The topological polar surface area (TPSA) is 82.2 Å². The van der Waals surface area contributed by atoms with Gasteiger partial charge >= 0.3 is 0 Å². The molecule has 37 heavy (non-hydrogen) atoms. The molecule has 0 atom stereocenters. The molecule has 4 aromatic rings. The lowest BCUT2D eigenvalue weighted by atomic mass is 10.1. The van der Waals surface area contributed by atoms with Gasteiger partial charge in [-0.2, -0.15) is 5.26 Å². The van der Waals surface area contributed by atoms with E-state index in [2.05, 4.69) is 52.3 Å². The summed E-state index contributed by atoms with van der Waals surface area (Å²) in [4.78, 5) is 14.2. The van der Waals surface area contributed by atoms with E-state index < -0.39 is 0 Å². The van der Waals surface area contributed by atoms with Gasteiger partial charge in [0.25, 0.3) is 0 Å². The summed E-state index contributed by atoms with van der Waals surface area (Å²) < 4.78 is 7.69. The average Bonchev–Trinajstić information content (AvgIpc) is 3.28. The number of nitrogens with one attached hydrogen (secondary N) is 1. The summed E-state index contributed by atoms with van der Waals surface area (Å²) in [6.07, 6.45) is 6.27. The van der Waals surface area contributed by atoms with E-state index in [4.69, 9.17) is 16.3 Å². The van der Waals surface area contributed by atoms with Crippen molar-refractivity contribution < 1.29 is 4.74 Å². The van der Waals surface area contributed by atoms with E-state index in [0.29, 0.717) is 16.3 Å². The molecule has 2 aromatic heterocycles. The summed E-state index contributed by atoms with van der Waals surface area (Å²) in [7, 11) is 9.79. The largest absolute Gasteiger partial charge is 0.495 e. The number of benzene rings is 2. The highest BCUT2D eigenvalue weighted by Crippen LogP contribution is 2.39. The SMILES string of the molecule is COc1cc2c(Nc3ccc(Sc4nccn4C)c(Cl)c3)c(C#N)cnc2cc1N(C)CCCN(C)C. The maximum atomic E-state index is 9.82. The van der Waals surface area contributed by atoms with Crippen LogP contribution < -0.4 is 15.0 Å². The summed E-state index contributed by atoms with van der Waals surface area (Å²) in [5.74, 6) is 0.722. The Kier molecular flexibility index (Phi) is 8.44. The Labute approximate surface area is 226 Å². The molecule has 10 heteroatoms. The second-order valence-electron chi connectivity index (χ2n) is 8.97. The molecule has 4 rings (SSSR count). The fraction of sp³-hybridized carbons (Fsp3) is 0.296. The molecule has 0 aliphatic rings. The van der Waals surface area contributed by atoms with Crippen LogP contribution in [-0.2, 0) is 7.05 Å². The van der Waals surface area contributed by atoms with E-state index in [1.165, 1.54) is 11.8 Å². The molecule has 2 aromatic carbocycles. The molecule has 0 bridgehead atoms. The summed E-state index contributed by atoms with van der Waals surface area (Å²) in [5.41, 5.74) is 3.58. The molecule has 2 heterocycles. The highest BCUT2D eigenvalue weighted by molar-refractivity contribution is 7.99. The molecule has 8 nitrogen and oxygen atoms in total. The monoisotopic (exact) mass is 535 g/mol. The highest BCUT2D eigenvalue weighted by Gasteiger charge is 2.16. The van der Waals surface area contributed by atoms with Crippen molar-refractivity contribution >= 4 is 51.3 Å². The van der Waals surface area contributed by atoms with Crippen LogP contribution in [0.25, 0.3) is 10.9 Å². The Hall–Kier alpha value is -3.45. The number of anilines is 3. The number of imidazole rings is 1. The minimum Gasteiger partial charge on any atom is -0.495 e. The first-order valence-electron chi connectivity index (χ1n) is 11.8. The predicted molar refractivity (Wildman–Crippen MR) is 152 cm³/mol. The van der Waals surface area contributed by atoms with Crippen LogP contribution in [0.15, 0.2) is 59.0 Å². The number of halogens is 1. The lowest BCUT2D eigenvalue weighted by Gasteiger charge is -2.23. The van der Waals surface area contributed by atoms with Gasteiger partial charge in [-0.05, 0) is 57.4 Å². The highest BCUT2D eigenvalue weighted by atomic mass is 35.5. The van der Waals surface area contributed by atoms with Gasteiger partial charge in [-0.25, -0.2) is 4.98 Å². The van der Waals surface area contributed by atoms with Crippen molar-refractivity contribution in [3.63, 3.8) is 0 Å². The Morgan fingerprint density at radius 1 is 1.16 bits per heavy atom. The van der Waals surface area contributed by atoms with Crippen LogP contribution in [0.1, 0.15) is 12.0 Å². The first-order valence-corrected chi connectivity index (χ1v) is 13.0. The second kappa shape index (κ2) is 11.7. The molecule has 0 aliphatic heterocycles. The molecule has 192 valence electrons. The molecule has 0 saturated heterocycles. The Morgan fingerprint density at radius 3 is 2.62 bits per heavy atom. The molecule has 0 radical (unpaired) electrons. The van der Waals surface area contributed by atoms with Crippen LogP contribution >= 0.6 is 23.4 Å². The number of pyridine rings is 1. The van der Waals surface area contributed by atoms with Crippen LogP contribution in [0, 0.1) is 11.3 Å². The van der Waals surface area contributed by atoms with E-state index in [0.717, 1.165) is 57.6 Å². The van der Waals surface area contributed by atoms with E-state index in [9.17, 15) is 5.26 Å². The van der Waals surface area contributed by atoms with Crippen molar-refractivity contribution in [2.24, 2.45) is 7.05 Å². The van der Waals surface area contributed by atoms with Gasteiger partial charge in [0.1, 0.15) is 11.8 Å². The Balaban J connectivity index is 1.66. The third-order valence-electron chi connectivity index (χ3n) is 5.98. The Bertz CT molecular complexity index is 1450. The van der Waals surface area contributed by atoms with Gasteiger partial charge in [-0.3, -0.25) is 4.98 Å². The van der Waals surface area contributed by atoms with E-state index >= 15 is 0 Å². The average molecular weight is 536 g/mol. The van der Waals surface area contributed by atoms with Crippen molar-refractivity contribution in [1.29, 1.82) is 5.26 Å². The van der Waals surface area contributed by atoms with Crippen molar-refractivity contribution in [3.05, 3.63) is 59.5 Å². The van der Waals surface area contributed by atoms with Gasteiger partial charge in [0, 0.05) is 55.2 Å². The zero-order valence-electron chi connectivity index (χ0n) is 21.6. The molecule has 1 N–H and O–H groups in total. The maximum absolute atomic E-state index is 9.82. The fourth-order valence-electron chi connectivity index (χ4n) is 3.99. The minimum absolute atomic E-state index is 0.434. The molecule has 0 unspecified atom stereocenters. The zero-order chi connectivity index (χ0) is 26.5. The summed E-state index contributed by atoms with van der Waals surface area (Å²) in [5, 5.41) is 15.5. The molecule has 0 spiro atoms. The van der Waals surface area contributed by atoms with Crippen LogP contribution in [-0.4, -0.2) is 60.8 Å². The standard InChI is InChI=1S/C27H30ClN7OS/c1-33(2)10-6-11-34(3)23-15-22-20(14-24(23)36-5)26(18(16-29)17-31-22)32-19-7-8-25(21(28)13-19)37-27-30-9-12-35(27)4/h7-9,12-15,17H,6,10-11H2,1-5H3,(H,31,32). The van der Waals surface area contributed by atoms with Gasteiger partial charge in [-0.15, -0.1) is 0 Å². The summed E-state index contributed by atoms with van der Waals surface area (Å²) >= 11 is 8.11. The van der Waals surface area contributed by atoms with Gasteiger partial charge in [-0.1, -0.05) is 23.4 Å². The molecular formula is C27H30ClN7OS. The number of methoxy groups -OCH3 is 1. The number of fused-ring (bicyclic) bond motifs is 1. The van der Waals surface area contributed by atoms with Crippen LogP contribution in [0.5, 0.6) is 5.75 Å². The summed E-state index contributed by atoms with van der Waals surface area (Å²) in [6, 6.07) is 11.9. The maximum Gasteiger partial charge on any atom is 0.172 e. The van der Waals surface area contributed by atoms with E-state index in [1.54, 1.807) is 19.5 Å². The predicted octanol–water partition coefficient (Wildman–Crippen LogP) is 5.78. The van der Waals surface area contributed by atoms with Crippen LogP contribution in [0.3, 0.4) is 0 Å². The quantitative estimate of drug-likeness (QED) is 0.273. The minimum atomic E-state index is 0.434. The lowest BCUT2D eigenvalue weighted by Crippen LogP contribution is -2.23. The fourth-order valence-corrected chi connectivity index (χ4v) is 5.09. The van der Waals surface area contributed by atoms with Crippen molar-refractivity contribution in [1.82, 2.24) is 19.4 Å². The zero-order valence-corrected chi connectivity index (χ0v) is 23.2. The summed E-state index contributed by atoms with van der Waals surface area (Å²) in [6.45, 7) is 1.88. The smallest absolute Gasteiger partial charge is 0.172 e. The first kappa shape index (κ1) is 26.6. The number of ether oxygens (including phenoxy) is 1. The van der Waals surface area contributed by atoms with Crippen molar-refractivity contribution in [2.75, 3.05) is 51.6 Å². The third kappa shape index (κ3) is 6.10. The Morgan fingerprint density at radius 2 is 1.97 bits per heavy atom. The number of aryl methyl sites for hydroxylation is 1. The lowest BCUT2D eigenvalue weighted by molar-refractivity contribution is 0.399. The van der Waals surface area contributed by atoms with Gasteiger partial charge < -0.3 is 24.4 Å². The number of nitrogens with zero attached hydrogens (tertiary/aromatic N) is 6. The van der Waals surface area contributed by atoms with Gasteiger partial charge in [0.2, 0.25) is 0 Å². The van der Waals surface area contributed by atoms with Gasteiger partial charge in [0.05, 0.1) is 34.6 Å². The number of rotatable bonds is 10. The normalized spacial score (nSPS) is 11.1.